The first-order chi connectivity index (χ1) is 8.73. The summed E-state index contributed by atoms with van der Waals surface area (Å²) in [6.45, 7) is 6.93. The monoisotopic (exact) mass is 350 g/mol. The van der Waals surface area contributed by atoms with Crippen LogP contribution in [0.3, 0.4) is 0 Å². The molecule has 0 radical (unpaired) electrons. The second kappa shape index (κ2) is 6.53. The van der Waals surface area contributed by atoms with Crippen molar-refractivity contribution in [1.82, 2.24) is 10.2 Å². The standard InChI is InChI=1S/C14H21BrClFN2/c1-6-18-13(14(2,3)19(4)5)9-7-8-10(15)11(16)12(9)17/h7-8,13,18H,6H2,1-5H3. The Morgan fingerprint density at radius 2 is 2.00 bits per heavy atom. The van der Waals surface area contributed by atoms with E-state index >= 15 is 0 Å². The molecule has 1 unspecified atom stereocenters. The predicted molar refractivity (Wildman–Crippen MR) is 83.3 cm³/mol. The highest BCUT2D eigenvalue weighted by atomic mass is 79.9. The number of rotatable bonds is 5. The summed E-state index contributed by atoms with van der Waals surface area (Å²) in [4.78, 5) is 2.08. The van der Waals surface area contributed by atoms with E-state index in [1.54, 1.807) is 12.1 Å². The van der Waals surface area contributed by atoms with Gasteiger partial charge in [0.1, 0.15) is 5.82 Å². The summed E-state index contributed by atoms with van der Waals surface area (Å²) in [5, 5.41) is 3.49. The van der Waals surface area contributed by atoms with E-state index in [0.717, 1.165) is 6.54 Å². The first-order valence-electron chi connectivity index (χ1n) is 6.27. The Balaban J connectivity index is 3.32. The van der Waals surface area contributed by atoms with E-state index in [0.29, 0.717) is 10.0 Å². The fourth-order valence-corrected chi connectivity index (χ4v) is 2.44. The van der Waals surface area contributed by atoms with Crippen molar-refractivity contribution in [3.63, 3.8) is 0 Å². The molecule has 1 atom stereocenters. The molecule has 0 aliphatic rings. The second-order valence-electron chi connectivity index (χ2n) is 5.30. The lowest BCUT2D eigenvalue weighted by molar-refractivity contribution is 0.137. The normalized spacial score (nSPS) is 13.9. The van der Waals surface area contributed by atoms with Crippen molar-refractivity contribution in [2.45, 2.75) is 32.4 Å². The van der Waals surface area contributed by atoms with Gasteiger partial charge in [-0.2, -0.15) is 0 Å². The minimum absolute atomic E-state index is 0.134. The van der Waals surface area contributed by atoms with Crippen LogP contribution in [0, 0.1) is 5.82 Å². The quantitative estimate of drug-likeness (QED) is 0.799. The predicted octanol–water partition coefficient (Wildman–Crippen LogP) is 4.23. The number of benzene rings is 1. The van der Waals surface area contributed by atoms with Crippen molar-refractivity contribution < 1.29 is 4.39 Å². The fraction of sp³-hybridized carbons (Fsp3) is 0.571. The van der Waals surface area contributed by atoms with Gasteiger partial charge in [-0.25, -0.2) is 4.39 Å². The van der Waals surface area contributed by atoms with Crippen LogP contribution >= 0.6 is 27.5 Å². The van der Waals surface area contributed by atoms with Crippen molar-refractivity contribution in [1.29, 1.82) is 0 Å². The maximum absolute atomic E-state index is 14.4. The van der Waals surface area contributed by atoms with Gasteiger partial charge in [0.2, 0.25) is 0 Å². The van der Waals surface area contributed by atoms with Crippen LogP contribution < -0.4 is 5.32 Å². The highest BCUT2D eigenvalue weighted by Crippen LogP contribution is 2.36. The smallest absolute Gasteiger partial charge is 0.147 e. The molecule has 0 aliphatic carbocycles. The summed E-state index contributed by atoms with van der Waals surface area (Å²) < 4.78 is 15.0. The summed E-state index contributed by atoms with van der Waals surface area (Å²) in [6, 6.07) is 3.43. The van der Waals surface area contributed by atoms with E-state index in [-0.39, 0.29) is 22.4 Å². The van der Waals surface area contributed by atoms with E-state index in [4.69, 9.17) is 11.6 Å². The van der Waals surface area contributed by atoms with E-state index in [1.807, 2.05) is 21.0 Å². The molecule has 1 aromatic rings. The van der Waals surface area contributed by atoms with Crippen LogP contribution in [0.25, 0.3) is 0 Å². The molecule has 0 heterocycles. The summed E-state index contributed by atoms with van der Waals surface area (Å²) in [6.07, 6.45) is 0. The van der Waals surface area contributed by atoms with Crippen molar-refractivity contribution in [2.75, 3.05) is 20.6 Å². The summed E-state index contributed by atoms with van der Waals surface area (Å²) >= 11 is 9.24. The van der Waals surface area contributed by atoms with Crippen molar-refractivity contribution in [3.05, 3.63) is 33.0 Å². The fourth-order valence-electron chi connectivity index (χ4n) is 1.97. The number of hydrogen-bond acceptors (Lipinski definition) is 2. The molecule has 0 spiro atoms. The third-order valence-electron chi connectivity index (χ3n) is 3.64. The van der Waals surface area contributed by atoms with Crippen LogP contribution in [0.1, 0.15) is 32.4 Å². The first-order valence-corrected chi connectivity index (χ1v) is 7.44. The van der Waals surface area contributed by atoms with E-state index in [1.165, 1.54) is 0 Å². The SMILES string of the molecule is CCNC(c1ccc(Br)c(Cl)c1F)C(C)(C)N(C)C. The zero-order valence-corrected chi connectivity index (χ0v) is 14.4. The van der Waals surface area contributed by atoms with Crippen LogP contribution in [-0.2, 0) is 0 Å². The van der Waals surface area contributed by atoms with E-state index < -0.39 is 0 Å². The average Bonchev–Trinajstić information content (AvgIpc) is 2.34. The lowest BCUT2D eigenvalue weighted by Crippen LogP contribution is -2.49. The molecule has 1 rings (SSSR count). The molecule has 19 heavy (non-hydrogen) atoms. The molecular formula is C14H21BrClFN2. The highest BCUT2D eigenvalue weighted by molar-refractivity contribution is 9.10. The lowest BCUT2D eigenvalue weighted by Gasteiger charge is -2.41. The average molecular weight is 352 g/mol. The highest BCUT2D eigenvalue weighted by Gasteiger charge is 2.34. The van der Waals surface area contributed by atoms with Crippen LogP contribution in [0.5, 0.6) is 0 Å². The topological polar surface area (TPSA) is 15.3 Å². The van der Waals surface area contributed by atoms with Gasteiger partial charge in [-0.1, -0.05) is 24.6 Å². The molecular weight excluding hydrogens is 331 g/mol. The van der Waals surface area contributed by atoms with E-state index in [9.17, 15) is 4.39 Å². The molecule has 0 aromatic heterocycles. The van der Waals surface area contributed by atoms with Crippen molar-refractivity contribution in [2.24, 2.45) is 0 Å². The minimum atomic E-state index is -0.364. The number of halogens is 3. The second-order valence-corrected chi connectivity index (χ2v) is 6.54. The summed E-state index contributed by atoms with van der Waals surface area (Å²) in [5.74, 6) is -0.364. The minimum Gasteiger partial charge on any atom is -0.309 e. The van der Waals surface area contributed by atoms with Gasteiger partial charge in [-0.05, 0) is 56.5 Å². The summed E-state index contributed by atoms with van der Waals surface area (Å²) in [5.41, 5.74) is 0.349. The first kappa shape index (κ1) is 16.9. The zero-order chi connectivity index (χ0) is 14.8. The van der Waals surface area contributed by atoms with Crippen molar-refractivity contribution in [3.8, 4) is 0 Å². The number of likely N-dealkylation sites (N-methyl/N-ethyl adjacent to an activating group) is 2. The number of nitrogens with zero attached hydrogens (tertiary/aromatic N) is 1. The van der Waals surface area contributed by atoms with Gasteiger partial charge in [0.15, 0.2) is 0 Å². The lowest BCUT2D eigenvalue weighted by atomic mass is 9.87. The molecule has 5 heteroatoms. The van der Waals surface area contributed by atoms with Gasteiger partial charge in [0.05, 0.1) is 11.1 Å². The van der Waals surface area contributed by atoms with Gasteiger partial charge < -0.3 is 10.2 Å². The Hall–Kier alpha value is -0.160. The van der Waals surface area contributed by atoms with Gasteiger partial charge in [0, 0.05) is 15.6 Å². The molecule has 1 N–H and O–H groups in total. The Labute approximate surface area is 128 Å². The van der Waals surface area contributed by atoms with Gasteiger partial charge in [-0.3, -0.25) is 0 Å². The Morgan fingerprint density at radius 3 is 2.47 bits per heavy atom. The molecule has 0 aliphatic heterocycles. The van der Waals surface area contributed by atoms with Gasteiger partial charge in [0.25, 0.3) is 0 Å². The van der Waals surface area contributed by atoms with Crippen LogP contribution in [-0.4, -0.2) is 31.1 Å². The molecule has 0 amide bonds. The molecule has 2 nitrogen and oxygen atoms in total. The molecule has 0 saturated heterocycles. The molecule has 108 valence electrons. The largest absolute Gasteiger partial charge is 0.309 e. The molecule has 0 fully saturated rings. The van der Waals surface area contributed by atoms with Gasteiger partial charge >= 0.3 is 0 Å². The van der Waals surface area contributed by atoms with Gasteiger partial charge in [-0.15, -0.1) is 0 Å². The molecule has 0 saturated carbocycles. The van der Waals surface area contributed by atoms with E-state index in [2.05, 4.69) is 40.0 Å². The Bertz CT molecular complexity index is 449. The van der Waals surface area contributed by atoms with Crippen LogP contribution in [0.4, 0.5) is 4.39 Å². The molecule has 0 bridgehead atoms. The molecule has 1 aromatic carbocycles. The van der Waals surface area contributed by atoms with Crippen LogP contribution in [0.2, 0.25) is 5.02 Å². The third-order valence-corrected chi connectivity index (χ3v) is 4.90. The Kier molecular flexibility index (Phi) is 5.80. The number of nitrogens with one attached hydrogen (secondary N) is 1. The third kappa shape index (κ3) is 3.48. The number of hydrogen-bond donors (Lipinski definition) is 1. The zero-order valence-electron chi connectivity index (χ0n) is 12.0. The van der Waals surface area contributed by atoms with Crippen molar-refractivity contribution >= 4 is 27.5 Å². The summed E-state index contributed by atoms with van der Waals surface area (Å²) in [7, 11) is 3.98. The Morgan fingerprint density at radius 1 is 1.42 bits per heavy atom. The maximum atomic E-state index is 14.4. The maximum Gasteiger partial charge on any atom is 0.147 e. The van der Waals surface area contributed by atoms with Crippen LogP contribution in [0.15, 0.2) is 16.6 Å².